The van der Waals surface area contributed by atoms with Crippen molar-refractivity contribution in [1.29, 1.82) is 0 Å². The van der Waals surface area contributed by atoms with Gasteiger partial charge in [0.2, 0.25) is 0 Å². The molecule has 2 rings (SSSR count). The van der Waals surface area contributed by atoms with Crippen LogP contribution >= 0.6 is 50.7 Å². The molecule has 92 valence electrons. The van der Waals surface area contributed by atoms with Gasteiger partial charge in [-0.25, -0.2) is 0 Å². The highest BCUT2D eigenvalue weighted by Crippen LogP contribution is 2.29. The SMILES string of the molecule is ClC(Cl)(Cl)C1=[NH+]C[C@H](Br)[C@@H](c2ccccc2)N1. The molecular weight excluding hydrogens is 346 g/mol. The van der Waals surface area contributed by atoms with Crippen molar-refractivity contribution in [2.24, 2.45) is 0 Å². The molecule has 0 fully saturated rings. The quantitative estimate of drug-likeness (QED) is 0.738. The van der Waals surface area contributed by atoms with Gasteiger partial charge < -0.3 is 0 Å². The van der Waals surface area contributed by atoms with E-state index < -0.39 is 3.79 Å². The Morgan fingerprint density at radius 1 is 1.24 bits per heavy atom. The Morgan fingerprint density at radius 3 is 2.47 bits per heavy atom. The van der Waals surface area contributed by atoms with E-state index in [0.29, 0.717) is 12.4 Å². The first-order valence-electron chi connectivity index (χ1n) is 5.12. The van der Waals surface area contributed by atoms with Gasteiger partial charge in [-0.1, -0.05) is 81.1 Å². The fourth-order valence-electron chi connectivity index (χ4n) is 1.75. The first kappa shape index (κ1) is 13.5. The lowest BCUT2D eigenvalue weighted by atomic mass is 10.0. The summed E-state index contributed by atoms with van der Waals surface area (Å²) in [7, 11) is 0. The zero-order chi connectivity index (χ0) is 12.5. The second-order valence-corrected chi connectivity index (χ2v) is 7.26. The molecule has 17 heavy (non-hydrogen) atoms. The fraction of sp³-hybridized carbons (Fsp3) is 0.364. The average molecular weight is 357 g/mol. The van der Waals surface area contributed by atoms with Crippen molar-refractivity contribution in [3.63, 3.8) is 0 Å². The number of alkyl halides is 4. The molecule has 1 heterocycles. The van der Waals surface area contributed by atoms with Gasteiger partial charge in [0.25, 0.3) is 9.63 Å². The van der Waals surface area contributed by atoms with Gasteiger partial charge in [0.05, 0.1) is 11.4 Å². The fourth-order valence-corrected chi connectivity index (χ4v) is 2.71. The lowest BCUT2D eigenvalue weighted by Crippen LogP contribution is -2.84. The van der Waals surface area contributed by atoms with Crippen molar-refractivity contribution in [3.05, 3.63) is 35.9 Å². The summed E-state index contributed by atoms with van der Waals surface area (Å²) in [6, 6.07) is 10.2. The molecule has 0 unspecified atom stereocenters. The lowest BCUT2D eigenvalue weighted by Gasteiger charge is -2.26. The van der Waals surface area contributed by atoms with Crippen LogP contribution < -0.4 is 10.3 Å². The topological polar surface area (TPSA) is 26.0 Å². The molecule has 2 N–H and O–H groups in total. The van der Waals surface area contributed by atoms with Crippen molar-refractivity contribution in [2.75, 3.05) is 6.54 Å². The second-order valence-electron chi connectivity index (χ2n) is 3.80. The molecule has 0 saturated carbocycles. The van der Waals surface area contributed by atoms with Crippen molar-refractivity contribution < 1.29 is 4.99 Å². The average Bonchev–Trinajstić information content (AvgIpc) is 2.29. The normalized spacial score (nSPS) is 25.1. The number of benzene rings is 1. The zero-order valence-electron chi connectivity index (χ0n) is 8.76. The first-order chi connectivity index (χ1) is 7.98. The smallest absolute Gasteiger partial charge is 0.273 e. The Bertz CT molecular complexity index is 416. The summed E-state index contributed by atoms with van der Waals surface area (Å²) in [5.41, 5.74) is 1.16. The number of nitrogens with one attached hydrogen (secondary N) is 2. The number of hydrogen-bond donors (Lipinski definition) is 2. The maximum absolute atomic E-state index is 5.87. The Balaban J connectivity index is 2.23. The number of hydrogen-bond acceptors (Lipinski definition) is 1. The molecule has 1 aliphatic rings. The largest absolute Gasteiger partial charge is 0.296 e. The molecule has 0 spiro atoms. The molecule has 1 aromatic carbocycles. The summed E-state index contributed by atoms with van der Waals surface area (Å²) in [5.74, 6) is 0.520. The van der Waals surface area contributed by atoms with Crippen molar-refractivity contribution in [3.8, 4) is 0 Å². The predicted octanol–water partition coefficient (Wildman–Crippen LogP) is 1.94. The van der Waals surface area contributed by atoms with Crippen LogP contribution in [0.25, 0.3) is 0 Å². The molecule has 0 saturated heterocycles. The van der Waals surface area contributed by atoms with Gasteiger partial charge in [0, 0.05) is 0 Å². The van der Waals surface area contributed by atoms with Crippen LogP contribution in [0.3, 0.4) is 0 Å². The van der Waals surface area contributed by atoms with Crippen molar-refractivity contribution >= 4 is 56.6 Å². The molecule has 6 heteroatoms. The van der Waals surface area contributed by atoms with E-state index in [4.69, 9.17) is 34.8 Å². The van der Waals surface area contributed by atoms with Crippen LogP contribution in [0, 0.1) is 0 Å². The van der Waals surface area contributed by atoms with Gasteiger partial charge in [-0.15, -0.1) is 0 Å². The number of amidine groups is 1. The monoisotopic (exact) mass is 355 g/mol. The molecule has 1 aromatic rings. The van der Waals surface area contributed by atoms with E-state index in [1.165, 1.54) is 0 Å². The van der Waals surface area contributed by atoms with Crippen molar-refractivity contribution in [1.82, 2.24) is 5.32 Å². The lowest BCUT2D eigenvalue weighted by molar-refractivity contribution is -0.465. The van der Waals surface area contributed by atoms with Crippen LogP contribution in [0.2, 0.25) is 0 Å². The summed E-state index contributed by atoms with van der Waals surface area (Å²) in [6.07, 6.45) is 0. The summed E-state index contributed by atoms with van der Waals surface area (Å²) in [6.45, 7) is 0.704. The second kappa shape index (κ2) is 5.35. The van der Waals surface area contributed by atoms with Gasteiger partial charge in [-0.3, -0.25) is 10.3 Å². The third kappa shape index (κ3) is 3.28. The molecule has 2 atom stereocenters. The Hall–Kier alpha value is 0.0400. The van der Waals surface area contributed by atoms with Crippen LogP contribution in [0.5, 0.6) is 0 Å². The Kier molecular flexibility index (Phi) is 4.24. The van der Waals surface area contributed by atoms with Gasteiger partial charge in [-0.05, 0) is 5.56 Å². The van der Waals surface area contributed by atoms with E-state index >= 15 is 0 Å². The van der Waals surface area contributed by atoms with Gasteiger partial charge in [0.15, 0.2) is 0 Å². The summed E-state index contributed by atoms with van der Waals surface area (Å²) < 4.78 is -1.44. The first-order valence-corrected chi connectivity index (χ1v) is 7.17. The third-order valence-corrected chi connectivity index (χ3v) is 4.00. The molecule has 0 aromatic heterocycles. The maximum atomic E-state index is 5.87. The van der Waals surface area contributed by atoms with Gasteiger partial charge in [-0.2, -0.15) is 0 Å². The number of halogens is 4. The minimum atomic E-state index is -1.44. The maximum Gasteiger partial charge on any atom is 0.296 e. The van der Waals surface area contributed by atoms with E-state index in [2.05, 4.69) is 26.2 Å². The molecule has 0 amide bonds. The van der Waals surface area contributed by atoms with E-state index in [1.54, 1.807) is 0 Å². The van der Waals surface area contributed by atoms with Gasteiger partial charge in [0.1, 0.15) is 6.04 Å². The highest BCUT2D eigenvalue weighted by atomic mass is 79.9. The molecule has 0 radical (unpaired) electrons. The van der Waals surface area contributed by atoms with Gasteiger partial charge >= 0.3 is 0 Å². The Morgan fingerprint density at radius 2 is 1.88 bits per heavy atom. The van der Waals surface area contributed by atoms with Crippen LogP contribution in [0.15, 0.2) is 30.3 Å². The molecule has 2 nitrogen and oxygen atoms in total. The summed E-state index contributed by atoms with van der Waals surface area (Å²) in [4.78, 5) is 3.31. The molecule has 0 bridgehead atoms. The van der Waals surface area contributed by atoms with Crippen molar-refractivity contribution in [2.45, 2.75) is 14.7 Å². The Labute approximate surface area is 123 Å². The molecule has 1 aliphatic heterocycles. The highest BCUT2D eigenvalue weighted by molar-refractivity contribution is 9.09. The third-order valence-electron chi connectivity index (χ3n) is 2.58. The minimum absolute atomic E-state index is 0.0862. The summed E-state index contributed by atoms with van der Waals surface area (Å²) >= 11 is 21.2. The summed E-state index contributed by atoms with van der Waals surface area (Å²) in [5, 5.41) is 3.22. The predicted molar refractivity (Wildman–Crippen MR) is 76.2 cm³/mol. The highest BCUT2D eigenvalue weighted by Gasteiger charge is 2.41. The van der Waals surface area contributed by atoms with E-state index in [9.17, 15) is 0 Å². The zero-order valence-corrected chi connectivity index (χ0v) is 12.6. The van der Waals surface area contributed by atoms with E-state index in [0.717, 1.165) is 5.56 Å². The molecular formula is C11H11BrCl3N2+. The van der Waals surface area contributed by atoms with Crippen LogP contribution in [0.4, 0.5) is 0 Å². The standard InChI is InChI=1S/C11H10BrCl3N2/c12-8-6-16-10(11(13,14)15)17-9(8)7-4-2-1-3-5-7/h1-5,8-9H,6H2,(H,16,17)/p+1/t8-,9+/m0/s1. The minimum Gasteiger partial charge on any atom is -0.273 e. The van der Waals surface area contributed by atoms with E-state index in [1.807, 2.05) is 30.3 Å². The van der Waals surface area contributed by atoms with Crippen LogP contribution in [-0.2, 0) is 0 Å². The number of rotatable bonds is 1. The van der Waals surface area contributed by atoms with Crippen LogP contribution in [-0.4, -0.2) is 21.0 Å². The van der Waals surface area contributed by atoms with E-state index in [-0.39, 0.29) is 10.9 Å². The molecule has 0 aliphatic carbocycles. The van der Waals surface area contributed by atoms with Crippen LogP contribution in [0.1, 0.15) is 11.6 Å².